The number of amidine groups is 1. The summed E-state index contributed by atoms with van der Waals surface area (Å²) in [5, 5.41) is 19.4. The van der Waals surface area contributed by atoms with E-state index < -0.39 is 24.3 Å². The third-order valence-corrected chi connectivity index (χ3v) is 11.1. The van der Waals surface area contributed by atoms with Crippen LogP contribution in [0.5, 0.6) is 0 Å². The van der Waals surface area contributed by atoms with E-state index in [0.29, 0.717) is 25.5 Å². The van der Waals surface area contributed by atoms with Crippen LogP contribution >= 0.6 is 0 Å². The molecule has 15 heteroatoms. The number of aliphatic imine (C=N–C) groups is 1. The molecule has 0 radical (unpaired) electrons. The second-order valence-corrected chi connectivity index (χ2v) is 15.4. The third kappa shape index (κ3) is 8.52. The van der Waals surface area contributed by atoms with E-state index in [0.717, 1.165) is 65.0 Å². The van der Waals surface area contributed by atoms with Crippen LogP contribution in [-0.4, -0.2) is 107 Å². The van der Waals surface area contributed by atoms with Crippen LogP contribution in [0.3, 0.4) is 0 Å². The first-order chi connectivity index (χ1) is 26.9. The molecule has 3 aliphatic rings. The van der Waals surface area contributed by atoms with Gasteiger partial charge in [0.05, 0.1) is 57.4 Å². The fraction of sp³-hybridized carbons (Fsp3) is 0.512. The fourth-order valence-electron chi connectivity index (χ4n) is 7.96. The number of aliphatic hydroxyl groups excluding tert-OH is 1. The zero-order valence-corrected chi connectivity index (χ0v) is 33.0. The number of aliphatic hydroxyl groups is 1. The Balaban J connectivity index is 1.11. The lowest BCUT2D eigenvalue weighted by Gasteiger charge is -2.31. The lowest BCUT2D eigenvalue weighted by atomic mass is 9.94. The maximum absolute atomic E-state index is 13.6. The Morgan fingerprint density at radius 3 is 1.98 bits per heavy atom. The zero-order valence-electron chi connectivity index (χ0n) is 33.0. The summed E-state index contributed by atoms with van der Waals surface area (Å²) in [6.45, 7) is 9.09. The van der Waals surface area contributed by atoms with Crippen LogP contribution in [-0.2, 0) is 25.7 Å². The number of aromatic amines is 1. The van der Waals surface area contributed by atoms with Crippen LogP contribution in [0.15, 0.2) is 53.7 Å². The molecule has 4 amide bonds. The number of nitrogens with one attached hydrogen (secondary N) is 4. The molecule has 15 nitrogen and oxygen atoms in total. The Morgan fingerprint density at radius 2 is 1.41 bits per heavy atom. The number of imidazole rings is 1. The van der Waals surface area contributed by atoms with E-state index in [9.17, 15) is 24.3 Å². The van der Waals surface area contributed by atoms with Gasteiger partial charge >= 0.3 is 12.2 Å². The van der Waals surface area contributed by atoms with Gasteiger partial charge in [0.15, 0.2) is 0 Å². The Morgan fingerprint density at radius 1 is 0.839 bits per heavy atom. The molecule has 5 atom stereocenters. The van der Waals surface area contributed by atoms with Gasteiger partial charge in [-0.05, 0) is 65.3 Å². The number of likely N-dealkylation sites (tertiary alicyclic amines) is 2. The topological polar surface area (TPSA) is 191 Å². The molecule has 0 saturated carbocycles. The highest BCUT2D eigenvalue weighted by Gasteiger charge is 2.40. The molecule has 2 saturated heterocycles. The predicted octanol–water partition coefficient (Wildman–Crippen LogP) is 4.69. The molecule has 1 aromatic heterocycles. The molecule has 3 aliphatic heterocycles. The number of alkyl carbamates (subject to hydrolysis) is 2. The van der Waals surface area contributed by atoms with Crippen molar-refractivity contribution >= 4 is 29.8 Å². The van der Waals surface area contributed by atoms with Crippen molar-refractivity contribution in [1.82, 2.24) is 35.7 Å². The Kier molecular flexibility index (Phi) is 12.6. The Labute approximate surface area is 327 Å². The van der Waals surface area contributed by atoms with E-state index >= 15 is 0 Å². The SMILES string of the molecule is COC(=O)N[C@H](C(=O)N1CCC[C@H]1C1=NCC(c2ccc(-c3ccc(-c4cnc([C@@H]5CCCN5C(=O)[C@@H](NC(=O)OC)C(C)C)[nH]4)cc3)c(CO)c2)N1)C(C)C. The summed E-state index contributed by atoms with van der Waals surface area (Å²) in [5.41, 5.74) is 5.39. The van der Waals surface area contributed by atoms with Crippen LogP contribution in [0.2, 0.25) is 0 Å². The average Bonchev–Trinajstić information content (AvgIpc) is 4.04. The molecule has 2 aromatic carbocycles. The normalized spacial score (nSPS) is 20.4. The molecule has 6 rings (SSSR count). The number of aromatic nitrogens is 2. The summed E-state index contributed by atoms with van der Waals surface area (Å²) in [6, 6.07) is 12.2. The first kappa shape index (κ1) is 40.2. The number of amides is 4. The van der Waals surface area contributed by atoms with Crippen molar-refractivity contribution in [2.45, 2.75) is 90.2 Å². The number of nitrogens with zero attached hydrogens (tertiary/aromatic N) is 4. The van der Waals surface area contributed by atoms with E-state index in [2.05, 4.69) is 25.9 Å². The molecule has 3 aromatic rings. The molecule has 4 heterocycles. The second-order valence-electron chi connectivity index (χ2n) is 15.4. The highest BCUT2D eigenvalue weighted by Crippen LogP contribution is 2.34. The molecule has 300 valence electrons. The minimum Gasteiger partial charge on any atom is -0.453 e. The number of benzene rings is 2. The summed E-state index contributed by atoms with van der Waals surface area (Å²) in [7, 11) is 2.57. The molecule has 0 bridgehead atoms. The molecule has 1 unspecified atom stereocenters. The number of methoxy groups -OCH3 is 2. The summed E-state index contributed by atoms with van der Waals surface area (Å²) < 4.78 is 9.51. The molecular formula is C41H54N8O7. The predicted molar refractivity (Wildman–Crippen MR) is 210 cm³/mol. The van der Waals surface area contributed by atoms with Gasteiger partial charge < -0.3 is 45.3 Å². The highest BCUT2D eigenvalue weighted by molar-refractivity contribution is 5.95. The molecule has 0 aliphatic carbocycles. The number of H-pyrrole nitrogens is 1. The number of hydrogen-bond donors (Lipinski definition) is 5. The Hall–Kier alpha value is -5.44. The number of rotatable bonds is 12. The lowest BCUT2D eigenvalue weighted by molar-refractivity contribution is -0.135. The monoisotopic (exact) mass is 770 g/mol. The zero-order chi connectivity index (χ0) is 40.1. The van der Waals surface area contributed by atoms with Crippen LogP contribution in [0.4, 0.5) is 9.59 Å². The smallest absolute Gasteiger partial charge is 0.407 e. The minimum absolute atomic E-state index is 0.112. The van der Waals surface area contributed by atoms with Crippen molar-refractivity contribution in [2.24, 2.45) is 16.8 Å². The number of hydrogen-bond acceptors (Lipinski definition) is 10. The van der Waals surface area contributed by atoms with Gasteiger partial charge in [-0.25, -0.2) is 14.6 Å². The van der Waals surface area contributed by atoms with Crippen molar-refractivity contribution in [3.05, 3.63) is 65.6 Å². The van der Waals surface area contributed by atoms with Crippen molar-refractivity contribution in [1.29, 1.82) is 0 Å². The third-order valence-electron chi connectivity index (χ3n) is 11.1. The van der Waals surface area contributed by atoms with Crippen LogP contribution in [0, 0.1) is 11.8 Å². The average molecular weight is 771 g/mol. The first-order valence-corrected chi connectivity index (χ1v) is 19.4. The summed E-state index contributed by atoms with van der Waals surface area (Å²) >= 11 is 0. The lowest BCUT2D eigenvalue weighted by Crippen LogP contribution is -2.54. The summed E-state index contributed by atoms with van der Waals surface area (Å²) in [4.78, 5) is 67.6. The standard InChI is InChI=1S/C41H54N8O7/c1-23(2)34(46-40(53)55-5)38(51)48-17-7-9-32(48)36-42-20-30(44-36)26-13-11-25(12-14-26)29-16-15-27(19-28(29)22-50)31-21-43-37(45-31)33-10-8-18-49(33)39(52)35(24(3)4)47-41(54)56-6/h11-16,19-20,23-24,31-35,50H,7-10,17-18,21-22H2,1-6H3,(H,42,44)(H,43,45)(H,46,53)(H,47,54)/t31?,32-,33-,34-,35-/m0/s1. The maximum atomic E-state index is 13.6. The van der Waals surface area contributed by atoms with Gasteiger partial charge in [0.25, 0.3) is 0 Å². The van der Waals surface area contributed by atoms with Crippen molar-refractivity contribution in [2.75, 3.05) is 33.9 Å². The number of carbonyl (C=O) groups is 4. The quantitative estimate of drug-likeness (QED) is 0.174. The first-order valence-electron chi connectivity index (χ1n) is 19.4. The highest BCUT2D eigenvalue weighted by atomic mass is 16.5. The van der Waals surface area contributed by atoms with Gasteiger partial charge in [-0.15, -0.1) is 0 Å². The van der Waals surface area contributed by atoms with E-state index in [4.69, 9.17) is 14.5 Å². The molecule has 56 heavy (non-hydrogen) atoms. The van der Waals surface area contributed by atoms with E-state index in [1.807, 2.05) is 75.1 Å². The van der Waals surface area contributed by atoms with Gasteiger partial charge in [-0.1, -0.05) is 70.2 Å². The van der Waals surface area contributed by atoms with E-state index in [1.165, 1.54) is 14.2 Å². The van der Waals surface area contributed by atoms with Gasteiger partial charge in [0.1, 0.15) is 23.7 Å². The second kappa shape index (κ2) is 17.6. The molecule has 2 fully saturated rings. The van der Waals surface area contributed by atoms with Gasteiger partial charge in [0, 0.05) is 13.1 Å². The van der Waals surface area contributed by atoms with Crippen molar-refractivity contribution in [3.63, 3.8) is 0 Å². The van der Waals surface area contributed by atoms with E-state index in [1.54, 1.807) is 11.1 Å². The summed E-state index contributed by atoms with van der Waals surface area (Å²) in [5.74, 6) is 0.918. The molecular weight excluding hydrogens is 716 g/mol. The molecule has 0 spiro atoms. The number of carbonyl (C=O) groups excluding carboxylic acids is 4. The molecule has 5 N–H and O–H groups in total. The van der Waals surface area contributed by atoms with Crippen LogP contribution in [0.25, 0.3) is 22.4 Å². The van der Waals surface area contributed by atoms with Gasteiger partial charge in [-0.2, -0.15) is 0 Å². The van der Waals surface area contributed by atoms with Crippen LogP contribution in [0.1, 0.15) is 82.4 Å². The maximum Gasteiger partial charge on any atom is 0.407 e. The van der Waals surface area contributed by atoms with Crippen molar-refractivity contribution < 1.29 is 33.8 Å². The van der Waals surface area contributed by atoms with Gasteiger partial charge in [-0.3, -0.25) is 14.6 Å². The fourth-order valence-corrected chi connectivity index (χ4v) is 7.96. The largest absolute Gasteiger partial charge is 0.453 e. The van der Waals surface area contributed by atoms with Crippen molar-refractivity contribution in [3.8, 4) is 22.4 Å². The summed E-state index contributed by atoms with van der Waals surface area (Å²) in [6.07, 6.45) is 3.72. The minimum atomic E-state index is -0.704. The van der Waals surface area contributed by atoms with Crippen LogP contribution < -0.4 is 16.0 Å². The Bertz CT molecular complexity index is 1930. The van der Waals surface area contributed by atoms with E-state index in [-0.39, 0.29) is 48.4 Å². The number of ether oxygens (including phenoxy) is 2. The van der Waals surface area contributed by atoms with Gasteiger partial charge in [0.2, 0.25) is 11.8 Å².